The molecule has 0 aromatic heterocycles. The van der Waals surface area contributed by atoms with Gasteiger partial charge in [-0.15, -0.1) is 0 Å². The van der Waals surface area contributed by atoms with Crippen LogP contribution in [-0.2, 0) is 11.4 Å². The van der Waals surface area contributed by atoms with Crippen LogP contribution in [0.25, 0.3) is 0 Å². The zero-order valence-corrected chi connectivity index (χ0v) is 19.9. The summed E-state index contributed by atoms with van der Waals surface area (Å²) in [6, 6.07) is 0. The van der Waals surface area contributed by atoms with E-state index in [4.69, 9.17) is 13.3 Å². The molecule has 0 aromatic rings. The molecule has 0 amide bonds. The average Bonchev–Trinajstić information content (AvgIpc) is 2.47. The first-order valence-corrected chi connectivity index (χ1v) is 10.5. The van der Waals surface area contributed by atoms with Crippen molar-refractivity contribution in [1.29, 1.82) is 0 Å². The maximum Gasteiger partial charge on any atom is 1.00 e. The molecule has 0 aromatic carbocycles. The van der Waals surface area contributed by atoms with E-state index in [0.29, 0.717) is 0 Å². The summed E-state index contributed by atoms with van der Waals surface area (Å²) in [5.74, 6) is 0. The van der Waals surface area contributed by atoms with Crippen LogP contribution in [0.3, 0.4) is 0 Å². The minimum atomic E-state index is -2.86. The molecule has 23 heavy (non-hydrogen) atoms. The molecular weight excluding hydrogens is 335 g/mol. The van der Waals surface area contributed by atoms with Crippen molar-refractivity contribution in [2.45, 2.75) is 117 Å². The molecule has 136 valence electrons. The van der Waals surface area contributed by atoms with Crippen LogP contribution in [0.4, 0.5) is 0 Å². The maximum absolute atomic E-state index is 8.56. The Morgan fingerprint density at radius 2 is 0.739 bits per heavy atom. The van der Waals surface area contributed by atoms with Crippen LogP contribution in [0, 0.1) is 0 Å². The van der Waals surface area contributed by atoms with E-state index >= 15 is 0 Å². The van der Waals surface area contributed by atoms with Crippen molar-refractivity contribution in [3.05, 3.63) is 0 Å². The Morgan fingerprint density at radius 1 is 0.609 bits per heavy atom. The Balaban J connectivity index is -0.000000712. The summed E-state index contributed by atoms with van der Waals surface area (Å²) in [6.07, 6.45) is 23.4. The fraction of sp³-hybridized carbons (Fsp3) is 1.00. The van der Waals surface area contributed by atoms with Crippen molar-refractivity contribution in [3.63, 3.8) is 0 Å². The second kappa shape index (κ2) is 28.5. The maximum atomic E-state index is 8.56. The zero-order chi connectivity index (χ0) is 16.9. The first-order valence-electron chi connectivity index (χ1n) is 9.43. The standard InChI is InChI=1S/C18H38.K.H2O3S/c1-3-5-7-9-11-13-15-17-18-16-14-12-10-8-6-4-2;;1-4(2)3/h3-18H2,1-2H3;;(H2,1,2,3)/q;+1;/p-1. The van der Waals surface area contributed by atoms with Crippen molar-refractivity contribution in [2.24, 2.45) is 0 Å². The fourth-order valence-corrected chi connectivity index (χ4v) is 2.62. The summed E-state index contributed by atoms with van der Waals surface area (Å²) in [7, 11) is 0. The molecule has 1 unspecified atom stereocenters. The molecule has 0 aliphatic heterocycles. The summed E-state index contributed by atoms with van der Waals surface area (Å²) >= 11 is -2.86. The fourth-order valence-electron chi connectivity index (χ4n) is 2.62. The molecular formula is C18H39KO3S. The summed E-state index contributed by atoms with van der Waals surface area (Å²) in [6.45, 7) is 4.59. The summed E-state index contributed by atoms with van der Waals surface area (Å²) < 4.78 is 24.1. The number of hydrogen-bond donors (Lipinski definition) is 1. The van der Waals surface area contributed by atoms with E-state index < -0.39 is 11.4 Å². The molecule has 1 N–H and O–H groups in total. The van der Waals surface area contributed by atoms with Crippen LogP contribution in [-0.4, -0.2) is 13.3 Å². The van der Waals surface area contributed by atoms with Crippen molar-refractivity contribution in [3.8, 4) is 0 Å². The molecule has 3 nitrogen and oxygen atoms in total. The van der Waals surface area contributed by atoms with Crippen LogP contribution in [0.15, 0.2) is 0 Å². The Kier molecular flexibility index (Phi) is 36.5. The van der Waals surface area contributed by atoms with Crippen LogP contribution in [0.2, 0.25) is 0 Å². The molecule has 0 aliphatic rings. The molecule has 0 rings (SSSR count). The Morgan fingerprint density at radius 3 is 0.870 bits per heavy atom. The molecule has 0 fully saturated rings. The molecule has 1 atom stereocenters. The van der Waals surface area contributed by atoms with Gasteiger partial charge in [0.05, 0.1) is 11.4 Å². The van der Waals surface area contributed by atoms with Gasteiger partial charge in [-0.3, -0.25) is 0 Å². The second-order valence-corrected chi connectivity index (χ2v) is 6.60. The van der Waals surface area contributed by atoms with Crippen LogP contribution < -0.4 is 51.4 Å². The summed E-state index contributed by atoms with van der Waals surface area (Å²) in [5, 5.41) is 0. The summed E-state index contributed by atoms with van der Waals surface area (Å²) in [5.41, 5.74) is 0. The molecule has 0 aliphatic carbocycles. The molecule has 0 saturated heterocycles. The third kappa shape index (κ3) is 40.0. The second-order valence-electron chi connectivity index (χ2n) is 6.17. The first kappa shape index (κ1) is 29.5. The Hall–Kier alpha value is 1.71. The predicted molar refractivity (Wildman–Crippen MR) is 96.8 cm³/mol. The minimum absolute atomic E-state index is 0. The predicted octanol–water partition coefficient (Wildman–Crippen LogP) is 3.61. The van der Waals surface area contributed by atoms with Gasteiger partial charge in [0.15, 0.2) is 0 Å². The van der Waals surface area contributed by atoms with Gasteiger partial charge in [0.25, 0.3) is 0 Å². The number of rotatable bonds is 15. The van der Waals surface area contributed by atoms with Gasteiger partial charge in [0.2, 0.25) is 0 Å². The van der Waals surface area contributed by atoms with Crippen molar-refractivity contribution < 1.29 is 64.7 Å². The third-order valence-electron chi connectivity index (χ3n) is 3.96. The third-order valence-corrected chi connectivity index (χ3v) is 3.96. The van der Waals surface area contributed by atoms with E-state index in [1.807, 2.05) is 0 Å². The topological polar surface area (TPSA) is 60.4 Å². The van der Waals surface area contributed by atoms with Gasteiger partial charge in [-0.2, -0.15) is 0 Å². The van der Waals surface area contributed by atoms with E-state index in [9.17, 15) is 0 Å². The minimum Gasteiger partial charge on any atom is -0.750 e. The van der Waals surface area contributed by atoms with Gasteiger partial charge in [-0.1, -0.05) is 117 Å². The smallest absolute Gasteiger partial charge is 0.750 e. The molecule has 0 radical (unpaired) electrons. The largest absolute Gasteiger partial charge is 1.00 e. The van der Waals surface area contributed by atoms with Gasteiger partial charge in [-0.05, 0) is 0 Å². The van der Waals surface area contributed by atoms with Gasteiger partial charge >= 0.3 is 51.4 Å². The zero-order valence-electron chi connectivity index (χ0n) is 16.0. The number of unbranched alkanes of at least 4 members (excludes halogenated alkanes) is 15. The van der Waals surface area contributed by atoms with E-state index in [1.54, 1.807) is 0 Å². The van der Waals surface area contributed by atoms with Crippen molar-refractivity contribution >= 4 is 11.4 Å². The van der Waals surface area contributed by atoms with E-state index in [1.165, 1.54) is 103 Å². The van der Waals surface area contributed by atoms with Gasteiger partial charge in [0.1, 0.15) is 0 Å². The Labute approximate surface area is 190 Å². The average molecular weight is 375 g/mol. The molecule has 0 saturated carbocycles. The molecule has 0 heterocycles. The van der Waals surface area contributed by atoms with E-state index in [-0.39, 0.29) is 51.4 Å². The summed E-state index contributed by atoms with van der Waals surface area (Å²) in [4.78, 5) is 0. The van der Waals surface area contributed by atoms with Gasteiger partial charge in [0, 0.05) is 0 Å². The van der Waals surface area contributed by atoms with Crippen molar-refractivity contribution in [2.75, 3.05) is 0 Å². The van der Waals surface area contributed by atoms with Crippen molar-refractivity contribution in [1.82, 2.24) is 0 Å². The van der Waals surface area contributed by atoms with Crippen LogP contribution in [0.1, 0.15) is 117 Å². The first-order chi connectivity index (χ1) is 10.6. The number of hydrogen-bond acceptors (Lipinski definition) is 2. The molecule has 0 spiro atoms. The normalized spacial score (nSPS) is 11.3. The van der Waals surface area contributed by atoms with Crippen LogP contribution >= 0.6 is 0 Å². The quantitative estimate of drug-likeness (QED) is 0.271. The molecule has 5 heteroatoms. The van der Waals surface area contributed by atoms with Gasteiger partial charge in [-0.25, -0.2) is 4.21 Å². The molecule has 0 bridgehead atoms. The van der Waals surface area contributed by atoms with E-state index in [0.717, 1.165) is 0 Å². The van der Waals surface area contributed by atoms with E-state index in [2.05, 4.69) is 13.8 Å². The van der Waals surface area contributed by atoms with Crippen LogP contribution in [0.5, 0.6) is 0 Å². The Bertz CT molecular complexity index is 196. The van der Waals surface area contributed by atoms with Gasteiger partial charge < -0.3 is 9.11 Å². The SMILES string of the molecule is CCCCCCCCCCCCCCCCCC.O=S([O-])O.[K+]. The monoisotopic (exact) mass is 374 g/mol.